The number of hydrogen-bond acceptors (Lipinski definition) is 6. The molecule has 1 N–H and O–H groups in total. The van der Waals surface area contributed by atoms with Crippen LogP contribution in [0, 0.1) is 0 Å². The Morgan fingerprint density at radius 3 is 1.41 bits per heavy atom. The maximum absolute atomic E-state index is 12.8. The van der Waals surface area contributed by atoms with Gasteiger partial charge in [-0.3, -0.25) is 9.59 Å². The summed E-state index contributed by atoms with van der Waals surface area (Å²) in [6, 6.07) is -0.619. The normalized spacial score (nSPS) is 13.2. The van der Waals surface area contributed by atoms with Crippen molar-refractivity contribution in [2.45, 2.75) is 231 Å². The minimum Gasteiger partial charge on any atom is -0.477 e. The van der Waals surface area contributed by atoms with E-state index in [1.165, 1.54) is 128 Å². The molecule has 0 bridgehead atoms. The van der Waals surface area contributed by atoms with Gasteiger partial charge in [-0.2, -0.15) is 0 Å². The first-order valence-corrected chi connectivity index (χ1v) is 24.5. The van der Waals surface area contributed by atoms with E-state index in [1.54, 1.807) is 0 Å². The van der Waals surface area contributed by atoms with Gasteiger partial charge in [0.15, 0.2) is 12.1 Å². The van der Waals surface area contributed by atoms with Gasteiger partial charge >= 0.3 is 17.9 Å². The number of quaternary nitrogens is 1. The predicted molar refractivity (Wildman–Crippen MR) is 248 cm³/mol. The van der Waals surface area contributed by atoms with E-state index in [2.05, 4.69) is 50.3 Å². The molecule has 0 amide bonds. The number of nitrogens with zero attached hydrogens (tertiary/aromatic N) is 1. The maximum atomic E-state index is 12.8. The smallest absolute Gasteiger partial charge is 0.362 e. The van der Waals surface area contributed by atoms with Crippen molar-refractivity contribution in [1.29, 1.82) is 0 Å². The summed E-state index contributed by atoms with van der Waals surface area (Å²) in [6.45, 7) is 4.60. The molecular weight excluding hydrogens is 739 g/mol. The highest BCUT2D eigenvalue weighted by molar-refractivity contribution is 5.72. The fourth-order valence-electron chi connectivity index (χ4n) is 7.28. The van der Waals surface area contributed by atoms with Crippen molar-refractivity contribution in [2.24, 2.45) is 0 Å². The molecule has 8 heteroatoms. The van der Waals surface area contributed by atoms with Crippen molar-refractivity contribution >= 4 is 17.9 Å². The minimum atomic E-state index is -0.879. The van der Waals surface area contributed by atoms with E-state index in [4.69, 9.17) is 14.2 Å². The van der Waals surface area contributed by atoms with Gasteiger partial charge in [0, 0.05) is 19.3 Å². The fourth-order valence-corrected chi connectivity index (χ4v) is 7.28. The summed E-state index contributed by atoms with van der Waals surface area (Å²) in [4.78, 5) is 37.0. The third kappa shape index (κ3) is 40.7. The van der Waals surface area contributed by atoms with Gasteiger partial charge in [0.05, 0.1) is 34.4 Å². The average Bonchev–Trinajstić information content (AvgIpc) is 3.19. The number of esters is 2. The Labute approximate surface area is 364 Å². The Morgan fingerprint density at radius 1 is 0.525 bits per heavy atom. The number of hydrogen-bond donors (Lipinski definition) is 1. The van der Waals surface area contributed by atoms with Crippen LogP contribution in [0.1, 0.15) is 219 Å². The van der Waals surface area contributed by atoms with Crippen molar-refractivity contribution in [2.75, 3.05) is 41.0 Å². The molecule has 0 fully saturated rings. The summed E-state index contributed by atoms with van der Waals surface area (Å²) in [6.07, 6.45) is 49.3. The summed E-state index contributed by atoms with van der Waals surface area (Å²) in [5.74, 6) is -1.51. The first kappa shape index (κ1) is 56.5. The van der Waals surface area contributed by atoms with Gasteiger partial charge in [0.25, 0.3) is 0 Å². The average molecular weight is 833 g/mol. The molecule has 59 heavy (non-hydrogen) atoms. The zero-order valence-electron chi connectivity index (χ0n) is 39.2. The number of carboxylic acid groups (broad SMARTS) is 1. The van der Waals surface area contributed by atoms with E-state index in [-0.39, 0.29) is 36.2 Å². The lowest BCUT2D eigenvalue weighted by Gasteiger charge is -2.31. The lowest BCUT2D eigenvalue weighted by Crippen LogP contribution is -2.50. The molecule has 0 radical (unpaired) electrons. The minimum absolute atomic E-state index is 0.0516. The lowest BCUT2D eigenvalue weighted by molar-refractivity contribution is -0.887. The quantitative estimate of drug-likeness (QED) is 0.0282. The Hall–Kier alpha value is -2.45. The molecule has 2 atom stereocenters. The zero-order valence-corrected chi connectivity index (χ0v) is 39.2. The maximum Gasteiger partial charge on any atom is 0.362 e. The second kappa shape index (κ2) is 42.2. The zero-order chi connectivity index (χ0) is 43.5. The number of carbonyl (C=O) groups is 3. The Bertz CT molecular complexity index is 1060. The van der Waals surface area contributed by atoms with Gasteiger partial charge in [-0.05, 0) is 44.9 Å². The third-order valence-electron chi connectivity index (χ3n) is 11.1. The largest absolute Gasteiger partial charge is 0.477 e. The monoisotopic (exact) mass is 833 g/mol. The summed E-state index contributed by atoms with van der Waals surface area (Å²) in [5.41, 5.74) is 0. The lowest BCUT2D eigenvalue weighted by atomic mass is 10.0. The number of carbonyl (C=O) groups excluding carboxylic acids is 2. The molecule has 0 rings (SSSR count). The van der Waals surface area contributed by atoms with Crippen molar-refractivity contribution in [3.8, 4) is 0 Å². The Balaban J connectivity index is 4.19. The summed E-state index contributed by atoms with van der Waals surface area (Å²) in [7, 11) is 5.52. The molecule has 8 nitrogen and oxygen atoms in total. The van der Waals surface area contributed by atoms with E-state index in [9.17, 15) is 19.5 Å². The SMILES string of the molecule is CC/C=C/C/C=C/C/C=C/CCCCC(=O)OCC(COCCC(C(=O)O)[N+](C)(C)C)OC(=O)CCCCCCCCCCCCCCCCCCCCCCCCC. The van der Waals surface area contributed by atoms with Crippen LogP contribution in [0.25, 0.3) is 0 Å². The molecule has 2 unspecified atom stereocenters. The number of rotatable bonds is 44. The summed E-state index contributed by atoms with van der Waals surface area (Å²) >= 11 is 0. The van der Waals surface area contributed by atoms with Gasteiger partial charge in [0.1, 0.15) is 6.61 Å². The van der Waals surface area contributed by atoms with Crippen LogP contribution >= 0.6 is 0 Å². The van der Waals surface area contributed by atoms with Crippen molar-refractivity contribution in [3.63, 3.8) is 0 Å². The highest BCUT2D eigenvalue weighted by Crippen LogP contribution is 2.16. The molecule has 0 aliphatic heterocycles. The number of allylic oxidation sites excluding steroid dienone is 6. The van der Waals surface area contributed by atoms with Crippen LogP contribution in [0.2, 0.25) is 0 Å². The molecule has 344 valence electrons. The van der Waals surface area contributed by atoms with Gasteiger partial charge < -0.3 is 23.8 Å². The van der Waals surface area contributed by atoms with Crippen molar-refractivity contribution in [1.82, 2.24) is 0 Å². The number of unbranched alkanes of at least 4 members (excludes halogenated alkanes) is 24. The molecule has 0 heterocycles. The molecule has 0 aromatic rings. The fraction of sp³-hybridized carbons (Fsp3) is 0.824. The van der Waals surface area contributed by atoms with Gasteiger partial charge in [-0.25, -0.2) is 4.79 Å². The van der Waals surface area contributed by atoms with Crippen LogP contribution in [-0.2, 0) is 28.6 Å². The molecule has 0 saturated heterocycles. The summed E-state index contributed by atoms with van der Waals surface area (Å²) in [5, 5.41) is 9.63. The van der Waals surface area contributed by atoms with E-state index in [0.717, 1.165) is 57.8 Å². The van der Waals surface area contributed by atoms with E-state index < -0.39 is 18.1 Å². The van der Waals surface area contributed by atoms with Crippen LogP contribution in [0.4, 0.5) is 0 Å². The predicted octanol–water partition coefficient (Wildman–Crippen LogP) is 13.8. The first-order chi connectivity index (χ1) is 28.6. The Morgan fingerprint density at radius 2 is 0.949 bits per heavy atom. The van der Waals surface area contributed by atoms with Crippen LogP contribution in [0.3, 0.4) is 0 Å². The molecule has 0 saturated carbocycles. The molecular formula is C51H94NO7+. The van der Waals surface area contributed by atoms with Crippen LogP contribution < -0.4 is 0 Å². The summed E-state index contributed by atoms with van der Waals surface area (Å²) < 4.78 is 17.3. The molecule has 0 aliphatic carbocycles. The van der Waals surface area contributed by atoms with E-state index >= 15 is 0 Å². The topological polar surface area (TPSA) is 99.1 Å². The standard InChI is InChI=1S/C51H93NO7/c1-6-8-10-12-14-16-18-20-21-22-23-24-25-26-27-28-29-30-32-34-36-38-40-42-50(54)59-47(45-57-44-43-48(51(55)56)52(3,4)5)46-58-49(53)41-39-37-35-33-31-19-17-15-13-11-9-7-2/h9,11,15,17,31,33,47-48H,6-8,10,12-14,16,18-30,32,34-46H2,1-5H3/p+1/b11-9+,17-15+,33-31+. The number of aliphatic carboxylic acids is 1. The van der Waals surface area contributed by atoms with Crippen LogP contribution in [0.15, 0.2) is 36.5 Å². The van der Waals surface area contributed by atoms with Crippen molar-refractivity contribution < 1.29 is 38.2 Å². The van der Waals surface area contributed by atoms with Crippen molar-refractivity contribution in [3.05, 3.63) is 36.5 Å². The Kier molecular flexibility index (Phi) is 40.5. The van der Waals surface area contributed by atoms with Gasteiger partial charge in [-0.15, -0.1) is 0 Å². The molecule has 0 aromatic carbocycles. The van der Waals surface area contributed by atoms with Crippen LogP contribution in [-0.4, -0.2) is 80.6 Å². The number of carboxylic acids is 1. The van der Waals surface area contributed by atoms with E-state index in [1.807, 2.05) is 21.1 Å². The second-order valence-corrected chi connectivity index (χ2v) is 17.7. The highest BCUT2D eigenvalue weighted by atomic mass is 16.6. The molecule has 0 aliphatic rings. The number of ether oxygens (including phenoxy) is 3. The molecule has 0 spiro atoms. The van der Waals surface area contributed by atoms with Gasteiger partial charge in [-0.1, -0.05) is 192 Å². The third-order valence-corrected chi connectivity index (χ3v) is 11.1. The first-order valence-electron chi connectivity index (χ1n) is 24.5. The highest BCUT2D eigenvalue weighted by Gasteiger charge is 2.31. The second-order valence-electron chi connectivity index (χ2n) is 17.7. The molecule has 0 aromatic heterocycles. The van der Waals surface area contributed by atoms with Gasteiger partial charge in [0.2, 0.25) is 0 Å². The number of likely N-dealkylation sites (N-methyl/N-ethyl adjacent to an activating group) is 1. The van der Waals surface area contributed by atoms with E-state index in [0.29, 0.717) is 19.3 Å². The van der Waals surface area contributed by atoms with Crippen LogP contribution in [0.5, 0.6) is 0 Å².